The molecule has 0 amide bonds. The predicted molar refractivity (Wildman–Crippen MR) is 122 cm³/mol. The van der Waals surface area contributed by atoms with E-state index in [1.807, 2.05) is 25.1 Å². The summed E-state index contributed by atoms with van der Waals surface area (Å²) in [6.45, 7) is 12.4. The molecule has 3 rings (SSSR count). The van der Waals surface area contributed by atoms with Gasteiger partial charge in [-0.2, -0.15) is 0 Å². The SMILES string of the molecule is CCN(CC)CC(O)COc1ccc2c(c1)c(C(C)=O)c(C)n2-c1ccc(C)cc1. The number of nitrogens with zero attached hydrogens (tertiary/aromatic N) is 2. The van der Waals surface area contributed by atoms with Gasteiger partial charge < -0.3 is 19.3 Å². The van der Waals surface area contributed by atoms with E-state index >= 15 is 0 Å². The molecule has 3 aromatic rings. The van der Waals surface area contributed by atoms with Gasteiger partial charge in [-0.3, -0.25) is 4.79 Å². The van der Waals surface area contributed by atoms with E-state index in [9.17, 15) is 9.90 Å². The topological polar surface area (TPSA) is 54.7 Å². The Bertz CT molecular complexity index is 1020. The molecule has 0 radical (unpaired) electrons. The summed E-state index contributed by atoms with van der Waals surface area (Å²) in [7, 11) is 0. The highest BCUT2D eigenvalue weighted by Crippen LogP contribution is 2.32. The Labute approximate surface area is 178 Å². The first kappa shape index (κ1) is 22.1. The van der Waals surface area contributed by atoms with Crippen molar-refractivity contribution in [2.24, 2.45) is 0 Å². The van der Waals surface area contributed by atoms with E-state index in [1.54, 1.807) is 6.92 Å². The summed E-state index contributed by atoms with van der Waals surface area (Å²) in [5, 5.41) is 11.2. The fraction of sp³-hybridized carbons (Fsp3) is 0.400. The van der Waals surface area contributed by atoms with E-state index in [4.69, 9.17) is 4.74 Å². The molecule has 0 aliphatic rings. The fourth-order valence-electron chi connectivity index (χ4n) is 3.98. The number of ketones is 1. The molecule has 30 heavy (non-hydrogen) atoms. The van der Waals surface area contributed by atoms with E-state index in [1.165, 1.54) is 5.56 Å². The van der Waals surface area contributed by atoms with Gasteiger partial charge in [-0.15, -0.1) is 0 Å². The fourth-order valence-corrected chi connectivity index (χ4v) is 3.98. The van der Waals surface area contributed by atoms with Crippen molar-refractivity contribution in [1.29, 1.82) is 0 Å². The molecule has 2 aromatic carbocycles. The number of ether oxygens (including phenoxy) is 1. The lowest BCUT2D eigenvalue weighted by atomic mass is 10.1. The summed E-state index contributed by atoms with van der Waals surface area (Å²) in [5.41, 5.74) is 4.81. The third kappa shape index (κ3) is 4.58. The summed E-state index contributed by atoms with van der Waals surface area (Å²) < 4.78 is 7.99. The minimum Gasteiger partial charge on any atom is -0.491 e. The zero-order chi connectivity index (χ0) is 21.8. The van der Waals surface area contributed by atoms with Crippen molar-refractivity contribution in [2.75, 3.05) is 26.2 Å². The molecule has 0 aliphatic carbocycles. The van der Waals surface area contributed by atoms with Crippen LogP contribution < -0.4 is 4.74 Å². The number of hydrogen-bond donors (Lipinski definition) is 1. The van der Waals surface area contributed by atoms with Gasteiger partial charge in [0.2, 0.25) is 0 Å². The van der Waals surface area contributed by atoms with Crippen LogP contribution in [-0.4, -0.2) is 52.7 Å². The molecule has 1 unspecified atom stereocenters. The number of aromatic nitrogens is 1. The number of fused-ring (bicyclic) bond motifs is 1. The monoisotopic (exact) mass is 408 g/mol. The normalized spacial score (nSPS) is 12.5. The third-order valence-corrected chi connectivity index (χ3v) is 5.63. The molecule has 0 spiro atoms. The Kier molecular flexibility index (Phi) is 6.95. The predicted octanol–water partition coefficient (Wildman–Crippen LogP) is 4.53. The van der Waals surface area contributed by atoms with Gasteiger partial charge in [0, 0.05) is 28.9 Å². The average Bonchev–Trinajstić information content (AvgIpc) is 3.02. The maximum atomic E-state index is 12.4. The molecule has 0 saturated heterocycles. The molecule has 0 bridgehead atoms. The molecule has 0 fully saturated rings. The Morgan fingerprint density at radius 3 is 2.37 bits per heavy atom. The summed E-state index contributed by atoms with van der Waals surface area (Å²) in [4.78, 5) is 14.6. The van der Waals surface area contributed by atoms with Crippen LogP contribution >= 0.6 is 0 Å². The molecule has 160 valence electrons. The Balaban J connectivity index is 1.93. The van der Waals surface area contributed by atoms with Crippen molar-refractivity contribution in [3.05, 3.63) is 59.3 Å². The Morgan fingerprint density at radius 2 is 1.77 bits per heavy atom. The maximum Gasteiger partial charge on any atom is 0.162 e. The lowest BCUT2D eigenvalue weighted by Gasteiger charge is -2.22. The van der Waals surface area contributed by atoms with E-state index in [-0.39, 0.29) is 12.4 Å². The first-order valence-corrected chi connectivity index (χ1v) is 10.6. The molecule has 1 N–H and O–H groups in total. The van der Waals surface area contributed by atoms with Crippen LogP contribution in [0.4, 0.5) is 0 Å². The van der Waals surface area contributed by atoms with Gasteiger partial charge in [0.1, 0.15) is 18.5 Å². The third-order valence-electron chi connectivity index (χ3n) is 5.63. The van der Waals surface area contributed by atoms with Crippen LogP contribution in [0.1, 0.15) is 42.4 Å². The smallest absolute Gasteiger partial charge is 0.162 e. The number of hydrogen-bond acceptors (Lipinski definition) is 4. The number of carbonyl (C=O) groups excluding carboxylic acids is 1. The number of aryl methyl sites for hydroxylation is 1. The molecule has 0 aliphatic heterocycles. The summed E-state index contributed by atoms with van der Waals surface area (Å²) >= 11 is 0. The molecule has 1 heterocycles. The van der Waals surface area contributed by atoms with Crippen LogP contribution in [0.25, 0.3) is 16.6 Å². The van der Waals surface area contributed by atoms with Gasteiger partial charge in [0.15, 0.2) is 5.78 Å². The Hall–Kier alpha value is -2.63. The highest BCUT2D eigenvalue weighted by molar-refractivity contribution is 6.09. The van der Waals surface area contributed by atoms with E-state index in [0.717, 1.165) is 35.4 Å². The zero-order valence-corrected chi connectivity index (χ0v) is 18.6. The maximum absolute atomic E-state index is 12.4. The van der Waals surface area contributed by atoms with E-state index < -0.39 is 6.10 Å². The van der Waals surface area contributed by atoms with E-state index in [2.05, 4.69) is 54.5 Å². The van der Waals surface area contributed by atoms with Crippen molar-refractivity contribution in [1.82, 2.24) is 9.47 Å². The molecule has 1 atom stereocenters. The molecule has 5 heteroatoms. The summed E-state index contributed by atoms with van der Waals surface area (Å²) in [6, 6.07) is 14.1. The number of likely N-dealkylation sites (N-methyl/N-ethyl adjacent to an activating group) is 1. The van der Waals surface area contributed by atoms with Gasteiger partial charge in [-0.25, -0.2) is 0 Å². The lowest BCUT2D eigenvalue weighted by Crippen LogP contribution is -2.35. The van der Waals surface area contributed by atoms with Crippen molar-refractivity contribution in [3.8, 4) is 11.4 Å². The number of benzene rings is 2. The highest BCUT2D eigenvalue weighted by Gasteiger charge is 2.19. The molecular weight excluding hydrogens is 376 g/mol. The molecule has 1 aromatic heterocycles. The second-order valence-electron chi connectivity index (χ2n) is 7.82. The van der Waals surface area contributed by atoms with Crippen molar-refractivity contribution in [2.45, 2.75) is 40.7 Å². The van der Waals surface area contributed by atoms with Gasteiger partial charge in [0.05, 0.1) is 5.52 Å². The van der Waals surface area contributed by atoms with Gasteiger partial charge in [-0.1, -0.05) is 31.5 Å². The molecule has 0 saturated carbocycles. The first-order chi connectivity index (χ1) is 14.3. The van der Waals surface area contributed by atoms with Crippen molar-refractivity contribution < 1.29 is 14.6 Å². The van der Waals surface area contributed by atoms with Crippen LogP contribution in [0.5, 0.6) is 5.75 Å². The van der Waals surface area contributed by atoms with Crippen LogP contribution in [0, 0.1) is 13.8 Å². The largest absolute Gasteiger partial charge is 0.491 e. The average molecular weight is 409 g/mol. The van der Waals surface area contributed by atoms with Crippen molar-refractivity contribution >= 4 is 16.7 Å². The van der Waals surface area contributed by atoms with Gasteiger partial charge in [0.25, 0.3) is 0 Å². The summed E-state index contributed by atoms with van der Waals surface area (Å²) in [6.07, 6.45) is -0.563. The van der Waals surface area contributed by atoms with Crippen LogP contribution in [-0.2, 0) is 0 Å². The lowest BCUT2D eigenvalue weighted by molar-refractivity contribution is 0.0717. The number of aliphatic hydroxyl groups is 1. The number of rotatable bonds is 9. The Morgan fingerprint density at radius 1 is 1.10 bits per heavy atom. The standard InChI is InChI=1S/C25H32N2O3/c1-6-26(7-2)15-21(29)16-30-22-12-13-24-23(14-22)25(19(5)28)18(4)27(24)20-10-8-17(3)9-11-20/h8-14,21,29H,6-7,15-16H2,1-5H3. The van der Waals surface area contributed by atoms with Crippen LogP contribution in [0.3, 0.4) is 0 Å². The summed E-state index contributed by atoms with van der Waals surface area (Å²) in [5.74, 6) is 0.687. The molecule has 5 nitrogen and oxygen atoms in total. The molecular formula is C25H32N2O3. The number of Topliss-reactive ketones (excluding diaryl/α,β-unsaturated/α-hetero) is 1. The van der Waals surface area contributed by atoms with E-state index in [0.29, 0.717) is 17.9 Å². The van der Waals surface area contributed by atoms with Gasteiger partial charge >= 0.3 is 0 Å². The number of aliphatic hydroxyl groups excluding tert-OH is 1. The van der Waals surface area contributed by atoms with Crippen LogP contribution in [0.15, 0.2) is 42.5 Å². The zero-order valence-electron chi connectivity index (χ0n) is 18.6. The van der Waals surface area contributed by atoms with Gasteiger partial charge in [-0.05, 0) is 64.2 Å². The minimum atomic E-state index is -0.563. The first-order valence-electron chi connectivity index (χ1n) is 10.6. The second kappa shape index (κ2) is 9.45. The second-order valence-corrected chi connectivity index (χ2v) is 7.82. The number of carbonyl (C=O) groups is 1. The highest BCUT2D eigenvalue weighted by atomic mass is 16.5. The minimum absolute atomic E-state index is 0.0297. The quantitative estimate of drug-likeness (QED) is 0.529. The van der Waals surface area contributed by atoms with Crippen molar-refractivity contribution in [3.63, 3.8) is 0 Å². The van der Waals surface area contributed by atoms with Crippen LogP contribution in [0.2, 0.25) is 0 Å².